The Morgan fingerprint density at radius 1 is 0.714 bits per heavy atom. The maximum Gasteiger partial charge on any atom is -0.0380 e. The highest BCUT2D eigenvalue weighted by atomic mass is 14.0. The van der Waals surface area contributed by atoms with E-state index in [4.69, 9.17) is 0 Å². The Kier molecular flexibility index (Phi) is 2.25. The Labute approximate surface area is 45.9 Å². The lowest BCUT2D eigenvalue weighted by Gasteiger charge is -1.85. The average Bonchev–Trinajstić information content (AvgIpc) is 1.90. The van der Waals surface area contributed by atoms with Gasteiger partial charge in [0.15, 0.2) is 0 Å². The molecule has 0 amide bonds. The molecule has 0 bridgehead atoms. The lowest BCUT2D eigenvalue weighted by atomic mass is 10.2. The van der Waals surface area contributed by atoms with Crippen LogP contribution in [0.3, 0.4) is 0 Å². The minimum atomic E-state index is 1.22. The van der Waals surface area contributed by atoms with Crippen molar-refractivity contribution >= 4 is 0 Å². The SMILES string of the molecule is [CH]1C[CH]CC[CH]C1. The van der Waals surface area contributed by atoms with Crippen LogP contribution in [0, 0.1) is 19.3 Å². The minimum absolute atomic E-state index is 1.22. The smallest absolute Gasteiger partial charge is 0.0380 e. The van der Waals surface area contributed by atoms with E-state index in [2.05, 4.69) is 19.3 Å². The van der Waals surface area contributed by atoms with Gasteiger partial charge in [-0.3, -0.25) is 0 Å². The molecule has 0 aromatic rings. The second kappa shape index (κ2) is 3.06. The first-order valence-electron chi connectivity index (χ1n) is 2.95. The maximum absolute atomic E-state index is 2.34. The van der Waals surface area contributed by atoms with Crippen LogP contribution >= 0.6 is 0 Å². The summed E-state index contributed by atoms with van der Waals surface area (Å²) >= 11 is 0. The lowest BCUT2D eigenvalue weighted by Crippen LogP contribution is -1.69. The Morgan fingerprint density at radius 2 is 1.29 bits per heavy atom. The highest BCUT2D eigenvalue weighted by Crippen LogP contribution is 2.12. The van der Waals surface area contributed by atoms with Crippen molar-refractivity contribution in [3.8, 4) is 0 Å². The topological polar surface area (TPSA) is 0 Å². The van der Waals surface area contributed by atoms with Gasteiger partial charge in [0.25, 0.3) is 0 Å². The highest BCUT2D eigenvalue weighted by Gasteiger charge is 1.96. The van der Waals surface area contributed by atoms with Crippen molar-refractivity contribution in [2.45, 2.75) is 25.7 Å². The van der Waals surface area contributed by atoms with Gasteiger partial charge in [0.1, 0.15) is 0 Å². The van der Waals surface area contributed by atoms with Gasteiger partial charge >= 0.3 is 0 Å². The fraction of sp³-hybridized carbons (Fsp3) is 0.571. The fourth-order valence-electron chi connectivity index (χ4n) is 0.803. The Bertz CT molecular complexity index is 19.7. The van der Waals surface area contributed by atoms with Gasteiger partial charge in [-0.15, -0.1) is 0 Å². The van der Waals surface area contributed by atoms with Gasteiger partial charge in [-0.25, -0.2) is 0 Å². The molecule has 1 saturated carbocycles. The zero-order valence-corrected chi connectivity index (χ0v) is 4.56. The average molecular weight is 95.2 g/mol. The van der Waals surface area contributed by atoms with E-state index in [0.717, 1.165) is 0 Å². The molecule has 0 spiro atoms. The monoisotopic (exact) mass is 95.1 g/mol. The van der Waals surface area contributed by atoms with E-state index in [0.29, 0.717) is 0 Å². The van der Waals surface area contributed by atoms with Gasteiger partial charge in [0.2, 0.25) is 0 Å². The summed E-state index contributed by atoms with van der Waals surface area (Å²) in [6.07, 6.45) is 12.0. The molecule has 0 heterocycles. The van der Waals surface area contributed by atoms with E-state index in [-0.39, 0.29) is 0 Å². The standard InChI is InChI=1S/C7H11/c1-2-4-6-7-5-3-1/h1,4-5H,2-3,6-7H2. The molecule has 1 fully saturated rings. The molecule has 0 aliphatic heterocycles. The molecule has 3 radical (unpaired) electrons. The van der Waals surface area contributed by atoms with Crippen LogP contribution in [0.5, 0.6) is 0 Å². The molecule has 7 heavy (non-hydrogen) atoms. The van der Waals surface area contributed by atoms with Gasteiger partial charge in [-0.05, 0) is 44.9 Å². The zero-order valence-electron chi connectivity index (χ0n) is 4.56. The Balaban J connectivity index is 2.04. The summed E-state index contributed by atoms with van der Waals surface area (Å²) in [5.74, 6) is 0. The number of rotatable bonds is 0. The fourth-order valence-corrected chi connectivity index (χ4v) is 0.803. The number of hydrogen-bond acceptors (Lipinski definition) is 0. The molecular weight excluding hydrogens is 84.1 g/mol. The van der Waals surface area contributed by atoms with Crippen molar-refractivity contribution in [3.63, 3.8) is 0 Å². The minimum Gasteiger partial charge on any atom is -0.0499 e. The molecule has 39 valence electrons. The largest absolute Gasteiger partial charge is 0.0499 e. The molecular formula is C7H11. The van der Waals surface area contributed by atoms with Crippen LogP contribution in [0.15, 0.2) is 0 Å². The van der Waals surface area contributed by atoms with E-state index >= 15 is 0 Å². The first kappa shape index (κ1) is 5.14. The molecule has 0 N–H and O–H groups in total. The molecule has 0 nitrogen and oxygen atoms in total. The van der Waals surface area contributed by atoms with E-state index in [1.165, 1.54) is 25.7 Å². The maximum atomic E-state index is 2.34. The first-order chi connectivity index (χ1) is 3.50. The summed E-state index contributed by atoms with van der Waals surface area (Å²) in [6, 6.07) is 0. The van der Waals surface area contributed by atoms with Crippen LogP contribution < -0.4 is 0 Å². The molecule has 1 aliphatic rings. The normalized spacial score (nSPS) is 24.0. The Morgan fingerprint density at radius 3 is 1.86 bits per heavy atom. The van der Waals surface area contributed by atoms with Gasteiger partial charge in [0.05, 0.1) is 0 Å². The van der Waals surface area contributed by atoms with Gasteiger partial charge in [-0.2, -0.15) is 0 Å². The third kappa shape index (κ3) is 1.96. The molecule has 0 unspecified atom stereocenters. The predicted molar refractivity (Wildman–Crippen MR) is 31.4 cm³/mol. The van der Waals surface area contributed by atoms with E-state index in [9.17, 15) is 0 Å². The first-order valence-corrected chi connectivity index (χ1v) is 2.95. The molecule has 0 atom stereocenters. The summed E-state index contributed by atoms with van der Waals surface area (Å²) in [5.41, 5.74) is 0. The molecule has 0 heteroatoms. The van der Waals surface area contributed by atoms with Crippen molar-refractivity contribution in [1.29, 1.82) is 0 Å². The quantitative estimate of drug-likeness (QED) is 0.404. The van der Waals surface area contributed by atoms with Crippen LogP contribution in [0.2, 0.25) is 0 Å². The molecule has 1 aliphatic carbocycles. The second-order valence-electron chi connectivity index (χ2n) is 1.91. The third-order valence-corrected chi connectivity index (χ3v) is 1.24. The molecule has 1 rings (SSSR count). The van der Waals surface area contributed by atoms with Gasteiger partial charge in [0, 0.05) is 0 Å². The van der Waals surface area contributed by atoms with Crippen LogP contribution in [-0.2, 0) is 0 Å². The zero-order chi connectivity index (χ0) is 4.95. The van der Waals surface area contributed by atoms with Crippen LogP contribution in [0.25, 0.3) is 0 Å². The molecule has 0 aromatic carbocycles. The van der Waals surface area contributed by atoms with Crippen LogP contribution in [0.1, 0.15) is 25.7 Å². The lowest BCUT2D eigenvalue weighted by molar-refractivity contribution is 0.915. The van der Waals surface area contributed by atoms with Crippen LogP contribution in [0.4, 0.5) is 0 Å². The summed E-state index contributed by atoms with van der Waals surface area (Å²) in [6.45, 7) is 0. The van der Waals surface area contributed by atoms with Gasteiger partial charge < -0.3 is 0 Å². The molecule has 0 saturated heterocycles. The highest BCUT2D eigenvalue weighted by molar-refractivity contribution is 4.87. The Hall–Kier alpha value is 0. The van der Waals surface area contributed by atoms with Crippen molar-refractivity contribution < 1.29 is 0 Å². The van der Waals surface area contributed by atoms with Crippen LogP contribution in [-0.4, -0.2) is 0 Å². The van der Waals surface area contributed by atoms with Gasteiger partial charge in [-0.1, -0.05) is 0 Å². The molecule has 0 aromatic heterocycles. The van der Waals surface area contributed by atoms with Crippen molar-refractivity contribution in [3.05, 3.63) is 19.3 Å². The van der Waals surface area contributed by atoms with Crippen molar-refractivity contribution in [2.24, 2.45) is 0 Å². The summed E-state index contributed by atoms with van der Waals surface area (Å²) in [7, 11) is 0. The third-order valence-electron chi connectivity index (χ3n) is 1.24. The predicted octanol–water partition coefficient (Wildman–Crippen LogP) is 2.17. The van der Waals surface area contributed by atoms with E-state index in [1.54, 1.807) is 0 Å². The van der Waals surface area contributed by atoms with E-state index < -0.39 is 0 Å². The summed E-state index contributed by atoms with van der Waals surface area (Å²) in [5, 5.41) is 0. The van der Waals surface area contributed by atoms with E-state index in [1.807, 2.05) is 0 Å². The second-order valence-corrected chi connectivity index (χ2v) is 1.91. The summed E-state index contributed by atoms with van der Waals surface area (Å²) < 4.78 is 0. The van der Waals surface area contributed by atoms with Crippen molar-refractivity contribution in [2.75, 3.05) is 0 Å². The summed E-state index contributed by atoms with van der Waals surface area (Å²) in [4.78, 5) is 0. The van der Waals surface area contributed by atoms with Crippen molar-refractivity contribution in [1.82, 2.24) is 0 Å². The number of hydrogen-bond donors (Lipinski definition) is 0.